The number of carbonyl (C=O) groups is 1. The lowest BCUT2D eigenvalue weighted by molar-refractivity contribution is -0.132. The van der Waals surface area contributed by atoms with Crippen molar-refractivity contribution in [2.45, 2.75) is 20.3 Å². The number of ether oxygens (including phenoxy) is 1. The molecule has 8 nitrogen and oxygen atoms in total. The SMILES string of the molecule is Cc1cc(C)n2nc(CC(=O)N3CCN(CCOc4ccccc4Cl)CC3)nc2n1. The molecule has 0 unspecified atom stereocenters. The summed E-state index contributed by atoms with van der Waals surface area (Å²) in [7, 11) is 0. The molecule has 1 saturated heterocycles. The molecule has 2 aromatic heterocycles. The van der Waals surface area contributed by atoms with Gasteiger partial charge in [0.05, 0.1) is 11.4 Å². The van der Waals surface area contributed by atoms with Gasteiger partial charge < -0.3 is 9.64 Å². The first-order valence-corrected chi connectivity index (χ1v) is 10.4. The fourth-order valence-corrected chi connectivity index (χ4v) is 3.79. The fourth-order valence-electron chi connectivity index (χ4n) is 3.60. The zero-order valence-corrected chi connectivity index (χ0v) is 18.0. The van der Waals surface area contributed by atoms with Crippen LogP contribution in [0.1, 0.15) is 17.2 Å². The molecule has 4 rings (SSSR count). The lowest BCUT2D eigenvalue weighted by Crippen LogP contribution is -2.50. The predicted molar refractivity (Wildman–Crippen MR) is 114 cm³/mol. The van der Waals surface area contributed by atoms with Crippen LogP contribution in [0.2, 0.25) is 5.02 Å². The monoisotopic (exact) mass is 428 g/mol. The van der Waals surface area contributed by atoms with Crippen LogP contribution in [0, 0.1) is 13.8 Å². The second kappa shape index (κ2) is 8.97. The standard InChI is InChI=1S/C21H25ClN6O2/c1-15-13-16(2)28-21(23-15)24-19(25-28)14-20(29)27-9-7-26(8-10-27)11-12-30-18-6-4-3-5-17(18)22/h3-6,13H,7-12,14H2,1-2H3. The first-order chi connectivity index (χ1) is 14.5. The molecule has 158 valence electrons. The number of halogens is 1. The lowest BCUT2D eigenvalue weighted by atomic mass is 10.2. The molecule has 3 aromatic rings. The van der Waals surface area contributed by atoms with Gasteiger partial charge in [0.15, 0.2) is 5.82 Å². The smallest absolute Gasteiger partial charge is 0.252 e. The van der Waals surface area contributed by atoms with Gasteiger partial charge in [-0.2, -0.15) is 4.98 Å². The number of rotatable bonds is 6. The number of benzene rings is 1. The zero-order chi connectivity index (χ0) is 21.1. The predicted octanol–water partition coefficient (Wildman–Crippen LogP) is 2.16. The molecule has 0 spiro atoms. The first kappa shape index (κ1) is 20.6. The topological polar surface area (TPSA) is 75.9 Å². The van der Waals surface area contributed by atoms with E-state index in [1.807, 2.05) is 49.1 Å². The van der Waals surface area contributed by atoms with Gasteiger partial charge in [-0.25, -0.2) is 9.50 Å². The molecule has 1 aromatic carbocycles. The lowest BCUT2D eigenvalue weighted by Gasteiger charge is -2.34. The van der Waals surface area contributed by atoms with Gasteiger partial charge >= 0.3 is 0 Å². The van der Waals surface area contributed by atoms with Crippen LogP contribution in [0.15, 0.2) is 30.3 Å². The highest BCUT2D eigenvalue weighted by Gasteiger charge is 2.22. The molecule has 0 atom stereocenters. The Hall–Kier alpha value is -2.71. The van der Waals surface area contributed by atoms with Crippen LogP contribution in [0.3, 0.4) is 0 Å². The van der Waals surface area contributed by atoms with E-state index in [2.05, 4.69) is 20.0 Å². The van der Waals surface area contributed by atoms with Crippen molar-refractivity contribution in [3.63, 3.8) is 0 Å². The van der Waals surface area contributed by atoms with Gasteiger partial charge in [0.2, 0.25) is 5.91 Å². The van der Waals surface area contributed by atoms with Gasteiger partial charge in [0, 0.05) is 44.1 Å². The molecule has 1 amide bonds. The third kappa shape index (κ3) is 4.71. The van der Waals surface area contributed by atoms with E-state index in [9.17, 15) is 4.79 Å². The molecule has 0 bridgehead atoms. The van der Waals surface area contributed by atoms with Gasteiger partial charge in [-0.05, 0) is 32.0 Å². The Bertz CT molecular complexity index is 1050. The Kier molecular flexibility index (Phi) is 6.15. The van der Waals surface area contributed by atoms with E-state index in [1.54, 1.807) is 4.52 Å². The fraction of sp³-hybridized carbons (Fsp3) is 0.429. The third-order valence-corrected chi connectivity index (χ3v) is 5.51. The maximum atomic E-state index is 12.7. The largest absolute Gasteiger partial charge is 0.491 e. The third-order valence-electron chi connectivity index (χ3n) is 5.20. The van der Waals surface area contributed by atoms with E-state index in [4.69, 9.17) is 16.3 Å². The van der Waals surface area contributed by atoms with Crippen LogP contribution in [0.5, 0.6) is 5.75 Å². The summed E-state index contributed by atoms with van der Waals surface area (Å²) in [5.41, 5.74) is 1.84. The second-order valence-electron chi connectivity index (χ2n) is 7.46. The number of para-hydroxylation sites is 1. The summed E-state index contributed by atoms with van der Waals surface area (Å²) >= 11 is 6.11. The van der Waals surface area contributed by atoms with Crippen LogP contribution in [-0.2, 0) is 11.2 Å². The van der Waals surface area contributed by atoms with E-state index in [-0.39, 0.29) is 12.3 Å². The molecule has 1 fully saturated rings. The van der Waals surface area contributed by atoms with Crippen LogP contribution in [0.4, 0.5) is 0 Å². The molecule has 1 aliphatic rings. The van der Waals surface area contributed by atoms with E-state index in [0.717, 1.165) is 31.0 Å². The number of aryl methyl sites for hydroxylation is 2. The maximum Gasteiger partial charge on any atom is 0.252 e. The second-order valence-corrected chi connectivity index (χ2v) is 7.86. The number of nitrogens with zero attached hydrogens (tertiary/aromatic N) is 6. The normalized spacial score (nSPS) is 15.0. The summed E-state index contributed by atoms with van der Waals surface area (Å²) in [6, 6.07) is 9.42. The van der Waals surface area contributed by atoms with Crippen molar-refractivity contribution in [3.05, 3.63) is 52.6 Å². The minimum atomic E-state index is 0.0484. The number of fused-ring (bicyclic) bond motifs is 1. The molecule has 0 radical (unpaired) electrons. The zero-order valence-electron chi connectivity index (χ0n) is 17.2. The highest BCUT2D eigenvalue weighted by Crippen LogP contribution is 2.22. The number of aromatic nitrogens is 4. The Balaban J connectivity index is 1.25. The van der Waals surface area contributed by atoms with Crippen LogP contribution in [0.25, 0.3) is 5.78 Å². The number of carbonyl (C=O) groups excluding carboxylic acids is 1. The van der Waals surface area contributed by atoms with Crippen molar-refractivity contribution in [1.29, 1.82) is 0 Å². The molecule has 30 heavy (non-hydrogen) atoms. The Morgan fingerprint density at radius 1 is 1.13 bits per heavy atom. The summed E-state index contributed by atoms with van der Waals surface area (Å²) in [6.07, 6.45) is 0.192. The van der Waals surface area contributed by atoms with Gasteiger partial charge in [0.25, 0.3) is 5.78 Å². The molecule has 0 N–H and O–H groups in total. The van der Waals surface area contributed by atoms with Gasteiger partial charge in [-0.3, -0.25) is 9.69 Å². The minimum absolute atomic E-state index is 0.0484. The van der Waals surface area contributed by atoms with Crippen LogP contribution >= 0.6 is 11.6 Å². The Labute approximate surface area is 180 Å². The van der Waals surface area contributed by atoms with Crippen molar-refractivity contribution in [3.8, 4) is 5.75 Å². The molecule has 0 aliphatic carbocycles. The van der Waals surface area contributed by atoms with Crippen molar-refractivity contribution in [1.82, 2.24) is 29.4 Å². The van der Waals surface area contributed by atoms with Crippen molar-refractivity contribution in [2.24, 2.45) is 0 Å². The van der Waals surface area contributed by atoms with Crippen LogP contribution < -0.4 is 4.74 Å². The molecule has 0 saturated carbocycles. The molecular weight excluding hydrogens is 404 g/mol. The van der Waals surface area contributed by atoms with Crippen molar-refractivity contribution < 1.29 is 9.53 Å². The summed E-state index contributed by atoms with van der Waals surface area (Å²) < 4.78 is 7.45. The first-order valence-electron chi connectivity index (χ1n) is 10.1. The van der Waals surface area contributed by atoms with E-state index < -0.39 is 0 Å². The highest BCUT2D eigenvalue weighted by molar-refractivity contribution is 6.32. The van der Waals surface area contributed by atoms with Crippen molar-refractivity contribution in [2.75, 3.05) is 39.3 Å². The summed E-state index contributed by atoms with van der Waals surface area (Å²) in [4.78, 5) is 25.7. The highest BCUT2D eigenvalue weighted by atomic mass is 35.5. The van der Waals surface area contributed by atoms with Crippen molar-refractivity contribution >= 4 is 23.3 Å². The van der Waals surface area contributed by atoms with E-state index in [0.29, 0.717) is 42.1 Å². The quantitative estimate of drug-likeness (QED) is 0.599. The van der Waals surface area contributed by atoms with Gasteiger partial charge in [-0.15, -0.1) is 5.10 Å². The Morgan fingerprint density at radius 3 is 2.67 bits per heavy atom. The average Bonchev–Trinajstić information content (AvgIpc) is 3.12. The average molecular weight is 429 g/mol. The molecule has 9 heteroatoms. The minimum Gasteiger partial charge on any atom is -0.491 e. The molecule has 1 aliphatic heterocycles. The van der Waals surface area contributed by atoms with Gasteiger partial charge in [-0.1, -0.05) is 23.7 Å². The molecular formula is C21H25ClN6O2. The van der Waals surface area contributed by atoms with Gasteiger partial charge in [0.1, 0.15) is 12.4 Å². The summed E-state index contributed by atoms with van der Waals surface area (Å²) in [5, 5.41) is 5.06. The maximum absolute atomic E-state index is 12.7. The number of hydrogen-bond donors (Lipinski definition) is 0. The summed E-state index contributed by atoms with van der Waals surface area (Å²) in [6.45, 7) is 8.25. The van der Waals surface area contributed by atoms with Crippen LogP contribution in [-0.4, -0.2) is 74.6 Å². The van der Waals surface area contributed by atoms with E-state index >= 15 is 0 Å². The summed E-state index contributed by atoms with van der Waals surface area (Å²) in [5.74, 6) is 1.80. The number of amides is 1. The number of piperazine rings is 1. The Morgan fingerprint density at radius 2 is 1.90 bits per heavy atom. The van der Waals surface area contributed by atoms with E-state index in [1.165, 1.54) is 0 Å². The molecule has 3 heterocycles. The number of hydrogen-bond acceptors (Lipinski definition) is 6.